The van der Waals surface area contributed by atoms with E-state index in [2.05, 4.69) is 16.7 Å². The lowest BCUT2D eigenvalue weighted by Gasteiger charge is -2.23. The number of hydrogen-bond donors (Lipinski definition) is 2. The van der Waals surface area contributed by atoms with Crippen LogP contribution in [0.5, 0.6) is 5.75 Å². The molecule has 2 N–H and O–H groups in total. The molecule has 0 aliphatic heterocycles. The minimum absolute atomic E-state index is 0. The van der Waals surface area contributed by atoms with Crippen molar-refractivity contribution in [2.24, 2.45) is 10.9 Å². The Morgan fingerprint density at radius 1 is 1.21 bits per heavy atom. The highest BCUT2D eigenvalue weighted by Gasteiger charge is 2.14. The molecule has 1 aromatic carbocycles. The summed E-state index contributed by atoms with van der Waals surface area (Å²) >= 11 is 0. The molecule has 0 spiro atoms. The van der Waals surface area contributed by atoms with E-state index in [1.165, 1.54) is 32.1 Å². The number of benzene rings is 1. The van der Waals surface area contributed by atoms with E-state index in [1.807, 2.05) is 19.1 Å². The summed E-state index contributed by atoms with van der Waals surface area (Å²) in [4.78, 5) is 18.2. The van der Waals surface area contributed by atoms with Crippen LogP contribution in [0, 0.1) is 12.8 Å². The highest BCUT2D eigenvalue weighted by molar-refractivity contribution is 14.0. The van der Waals surface area contributed by atoms with Crippen molar-refractivity contribution in [2.75, 3.05) is 34.3 Å². The number of aliphatic imine (C=N–C) groups is 1. The molecule has 0 atom stereocenters. The number of rotatable bonds is 7. The molecule has 0 saturated heterocycles. The molecule has 0 aromatic heterocycles. The first-order valence-corrected chi connectivity index (χ1v) is 9.85. The molecule has 1 aromatic rings. The molecule has 6 nitrogen and oxygen atoms in total. The summed E-state index contributed by atoms with van der Waals surface area (Å²) in [6.45, 7) is 3.67. The van der Waals surface area contributed by atoms with Gasteiger partial charge in [-0.3, -0.25) is 4.79 Å². The van der Waals surface area contributed by atoms with Gasteiger partial charge < -0.3 is 20.3 Å². The van der Waals surface area contributed by atoms with Crippen LogP contribution in [-0.4, -0.2) is 51.1 Å². The summed E-state index contributed by atoms with van der Waals surface area (Å²) in [5.41, 5.74) is 2.19. The fraction of sp³-hybridized carbons (Fsp3) is 0.619. The standard InChI is InChI=1S/C21H34N4O2.HI/c1-16-10-11-18(19(12-16)27-4)14-23-21(24-15-20(26)25(2)3)22-13-17-8-6-5-7-9-17;/h10-12,17H,5-9,13-15H2,1-4H3,(H2,22,23,24);1H. The quantitative estimate of drug-likeness (QED) is 0.341. The highest BCUT2D eigenvalue weighted by atomic mass is 127. The third-order valence-corrected chi connectivity index (χ3v) is 5.04. The Balaban J connectivity index is 0.00000392. The lowest BCUT2D eigenvalue weighted by Crippen LogP contribution is -2.44. The van der Waals surface area contributed by atoms with Gasteiger partial charge in [0.05, 0.1) is 20.2 Å². The summed E-state index contributed by atoms with van der Waals surface area (Å²) in [6, 6.07) is 6.12. The van der Waals surface area contributed by atoms with Crippen LogP contribution in [-0.2, 0) is 11.3 Å². The molecule has 2 rings (SSSR count). The van der Waals surface area contributed by atoms with E-state index in [0.717, 1.165) is 23.4 Å². The van der Waals surface area contributed by atoms with Crippen LogP contribution in [0.25, 0.3) is 0 Å². The lowest BCUT2D eigenvalue weighted by molar-refractivity contribution is -0.127. The first-order chi connectivity index (χ1) is 13.0. The summed E-state index contributed by atoms with van der Waals surface area (Å²) in [6.07, 6.45) is 6.50. The maximum absolute atomic E-state index is 11.9. The smallest absolute Gasteiger partial charge is 0.241 e. The van der Waals surface area contributed by atoms with Gasteiger partial charge in [-0.2, -0.15) is 0 Å². The monoisotopic (exact) mass is 502 g/mol. The molecule has 0 bridgehead atoms. The van der Waals surface area contributed by atoms with Crippen molar-refractivity contribution in [2.45, 2.75) is 45.6 Å². The SMILES string of the molecule is COc1cc(C)ccc1CN=C(NCC(=O)N(C)C)NCC1CCCCC1.I. The second-order valence-electron chi connectivity index (χ2n) is 7.51. The number of nitrogens with zero attached hydrogens (tertiary/aromatic N) is 2. The van der Waals surface area contributed by atoms with Gasteiger partial charge in [0.25, 0.3) is 0 Å². The van der Waals surface area contributed by atoms with Gasteiger partial charge in [0.1, 0.15) is 5.75 Å². The maximum Gasteiger partial charge on any atom is 0.241 e. The lowest BCUT2D eigenvalue weighted by atomic mass is 9.89. The second kappa shape index (κ2) is 12.9. The molecule has 1 saturated carbocycles. The first kappa shape index (κ1) is 24.5. The Hall–Kier alpha value is -1.51. The van der Waals surface area contributed by atoms with E-state index in [-0.39, 0.29) is 36.4 Å². The zero-order valence-corrected chi connectivity index (χ0v) is 19.9. The number of carbonyl (C=O) groups excluding carboxylic acids is 1. The molecule has 1 amide bonds. The van der Waals surface area contributed by atoms with Gasteiger partial charge in [-0.05, 0) is 37.3 Å². The predicted molar refractivity (Wildman–Crippen MR) is 126 cm³/mol. The Labute approximate surface area is 186 Å². The summed E-state index contributed by atoms with van der Waals surface area (Å²) in [7, 11) is 5.19. The molecule has 0 heterocycles. The Kier molecular flexibility index (Phi) is 11.3. The number of halogens is 1. The van der Waals surface area contributed by atoms with Crippen molar-refractivity contribution in [1.82, 2.24) is 15.5 Å². The largest absolute Gasteiger partial charge is 0.496 e. The van der Waals surface area contributed by atoms with E-state index < -0.39 is 0 Å². The minimum atomic E-state index is 0. The molecule has 1 aliphatic rings. The number of ether oxygens (including phenoxy) is 1. The Morgan fingerprint density at radius 2 is 1.93 bits per heavy atom. The van der Waals surface area contributed by atoms with Gasteiger partial charge in [0.15, 0.2) is 5.96 Å². The van der Waals surface area contributed by atoms with Gasteiger partial charge in [0.2, 0.25) is 5.91 Å². The third kappa shape index (κ3) is 8.24. The second-order valence-corrected chi connectivity index (χ2v) is 7.51. The number of amides is 1. The molecule has 1 fully saturated rings. The Morgan fingerprint density at radius 3 is 2.57 bits per heavy atom. The van der Waals surface area contributed by atoms with E-state index in [0.29, 0.717) is 18.4 Å². The van der Waals surface area contributed by atoms with Crippen LogP contribution in [0.1, 0.15) is 43.2 Å². The summed E-state index contributed by atoms with van der Waals surface area (Å²) in [5.74, 6) is 2.23. The molecule has 0 unspecified atom stereocenters. The van der Waals surface area contributed by atoms with E-state index in [4.69, 9.17) is 9.73 Å². The zero-order valence-electron chi connectivity index (χ0n) is 17.6. The molecule has 1 aliphatic carbocycles. The van der Waals surface area contributed by atoms with Crippen LogP contribution in [0.2, 0.25) is 0 Å². The van der Waals surface area contributed by atoms with E-state index in [9.17, 15) is 4.79 Å². The number of guanidine groups is 1. The third-order valence-electron chi connectivity index (χ3n) is 5.04. The number of aryl methyl sites for hydroxylation is 1. The van der Waals surface area contributed by atoms with Gasteiger partial charge in [0, 0.05) is 26.2 Å². The average Bonchev–Trinajstić information content (AvgIpc) is 2.68. The molecule has 158 valence electrons. The molecule has 28 heavy (non-hydrogen) atoms. The summed E-state index contributed by atoms with van der Waals surface area (Å²) in [5, 5.41) is 6.60. The normalized spacial score (nSPS) is 14.8. The van der Waals surface area contributed by atoms with Crippen molar-refractivity contribution in [1.29, 1.82) is 0 Å². The van der Waals surface area contributed by atoms with Crippen molar-refractivity contribution in [3.63, 3.8) is 0 Å². The van der Waals surface area contributed by atoms with Crippen LogP contribution in [0.15, 0.2) is 23.2 Å². The Bertz CT molecular complexity index is 643. The molecule has 0 radical (unpaired) electrons. The number of hydrogen-bond acceptors (Lipinski definition) is 3. The fourth-order valence-electron chi connectivity index (χ4n) is 3.27. The van der Waals surface area contributed by atoms with Gasteiger partial charge in [-0.15, -0.1) is 24.0 Å². The zero-order chi connectivity index (χ0) is 19.6. The van der Waals surface area contributed by atoms with Crippen molar-refractivity contribution >= 4 is 35.8 Å². The van der Waals surface area contributed by atoms with E-state index >= 15 is 0 Å². The molecule has 7 heteroatoms. The minimum Gasteiger partial charge on any atom is -0.496 e. The van der Waals surface area contributed by atoms with Gasteiger partial charge in [-0.25, -0.2) is 4.99 Å². The highest BCUT2D eigenvalue weighted by Crippen LogP contribution is 2.23. The van der Waals surface area contributed by atoms with Crippen molar-refractivity contribution in [3.8, 4) is 5.75 Å². The topological polar surface area (TPSA) is 66.0 Å². The predicted octanol–water partition coefficient (Wildman–Crippen LogP) is 3.33. The number of carbonyl (C=O) groups is 1. The first-order valence-electron chi connectivity index (χ1n) is 9.85. The van der Waals surface area contributed by atoms with Crippen LogP contribution in [0.4, 0.5) is 0 Å². The van der Waals surface area contributed by atoms with Crippen LogP contribution >= 0.6 is 24.0 Å². The fourth-order valence-corrected chi connectivity index (χ4v) is 3.27. The number of likely N-dealkylation sites (N-methyl/N-ethyl adjacent to an activating group) is 1. The van der Waals surface area contributed by atoms with Crippen LogP contribution < -0.4 is 15.4 Å². The summed E-state index contributed by atoms with van der Waals surface area (Å²) < 4.78 is 5.47. The van der Waals surface area contributed by atoms with Gasteiger partial charge in [-0.1, -0.05) is 31.4 Å². The molecular weight excluding hydrogens is 467 g/mol. The van der Waals surface area contributed by atoms with Crippen molar-refractivity contribution in [3.05, 3.63) is 29.3 Å². The number of nitrogens with one attached hydrogen (secondary N) is 2. The van der Waals surface area contributed by atoms with Crippen LogP contribution in [0.3, 0.4) is 0 Å². The maximum atomic E-state index is 11.9. The average molecular weight is 502 g/mol. The van der Waals surface area contributed by atoms with Gasteiger partial charge >= 0.3 is 0 Å². The number of methoxy groups -OCH3 is 1. The van der Waals surface area contributed by atoms with Crippen molar-refractivity contribution < 1.29 is 9.53 Å². The van der Waals surface area contributed by atoms with E-state index in [1.54, 1.807) is 26.1 Å². The molecular formula is C21H35IN4O2.